The third-order valence-electron chi connectivity index (χ3n) is 4.91. The number of hydrogen-bond acceptors (Lipinski definition) is 2. The predicted octanol–water partition coefficient (Wildman–Crippen LogP) is 4.22. The number of carbonyl (C=O) groups excluding carboxylic acids is 1. The standard InChI is InChI=1S/C21H27N3O/c1-4-18-7-5-6-8-19(18)22-21(25)24-13-11-23(12-14-24)20-15-16(2)9-10-17(20)3/h5-10,15H,4,11-14H2,1-3H3,(H,22,25). The van der Waals surface area contributed by atoms with E-state index in [1.54, 1.807) is 0 Å². The van der Waals surface area contributed by atoms with Crippen molar-refractivity contribution in [3.05, 3.63) is 59.2 Å². The van der Waals surface area contributed by atoms with Crippen LogP contribution < -0.4 is 10.2 Å². The Labute approximate surface area is 150 Å². The van der Waals surface area contributed by atoms with Crippen molar-refractivity contribution < 1.29 is 4.79 Å². The van der Waals surface area contributed by atoms with Gasteiger partial charge in [0.15, 0.2) is 0 Å². The number of aryl methyl sites for hydroxylation is 3. The van der Waals surface area contributed by atoms with Crippen LogP contribution in [0.15, 0.2) is 42.5 Å². The molecule has 132 valence electrons. The number of nitrogens with zero attached hydrogens (tertiary/aromatic N) is 2. The number of piperazine rings is 1. The van der Waals surface area contributed by atoms with E-state index in [1.807, 2.05) is 23.1 Å². The molecule has 4 heteroatoms. The molecule has 2 aromatic carbocycles. The lowest BCUT2D eigenvalue weighted by Crippen LogP contribution is -2.50. The number of para-hydroxylation sites is 1. The van der Waals surface area contributed by atoms with Crippen LogP contribution in [0.25, 0.3) is 0 Å². The molecule has 0 aliphatic carbocycles. The first kappa shape index (κ1) is 17.3. The van der Waals surface area contributed by atoms with E-state index in [1.165, 1.54) is 22.4 Å². The molecule has 1 N–H and O–H groups in total. The average molecular weight is 337 g/mol. The van der Waals surface area contributed by atoms with Crippen LogP contribution in [0, 0.1) is 13.8 Å². The summed E-state index contributed by atoms with van der Waals surface area (Å²) in [5, 5.41) is 3.07. The second-order valence-electron chi connectivity index (χ2n) is 6.70. The highest BCUT2D eigenvalue weighted by molar-refractivity contribution is 5.90. The minimum atomic E-state index is 0.00140. The summed E-state index contributed by atoms with van der Waals surface area (Å²) in [6.07, 6.45) is 0.914. The fourth-order valence-corrected chi connectivity index (χ4v) is 3.36. The Morgan fingerprint density at radius 3 is 2.48 bits per heavy atom. The Bertz CT molecular complexity index is 749. The van der Waals surface area contributed by atoms with E-state index in [2.05, 4.69) is 55.3 Å². The number of rotatable bonds is 3. The van der Waals surface area contributed by atoms with Gasteiger partial charge in [0.1, 0.15) is 0 Å². The SMILES string of the molecule is CCc1ccccc1NC(=O)N1CCN(c2cc(C)ccc2C)CC1. The van der Waals surface area contributed by atoms with Gasteiger partial charge in [0.2, 0.25) is 0 Å². The Morgan fingerprint density at radius 2 is 1.76 bits per heavy atom. The van der Waals surface area contributed by atoms with Gasteiger partial charge < -0.3 is 15.1 Å². The van der Waals surface area contributed by atoms with Crippen molar-refractivity contribution in [1.29, 1.82) is 0 Å². The molecule has 3 rings (SSSR count). The third kappa shape index (κ3) is 3.95. The van der Waals surface area contributed by atoms with Crippen molar-refractivity contribution in [1.82, 2.24) is 4.90 Å². The quantitative estimate of drug-likeness (QED) is 0.910. The van der Waals surface area contributed by atoms with Crippen molar-refractivity contribution in [3.8, 4) is 0 Å². The number of hydrogen-bond donors (Lipinski definition) is 1. The third-order valence-corrected chi connectivity index (χ3v) is 4.91. The van der Waals surface area contributed by atoms with Gasteiger partial charge >= 0.3 is 6.03 Å². The van der Waals surface area contributed by atoms with E-state index in [0.717, 1.165) is 38.3 Å². The highest BCUT2D eigenvalue weighted by Gasteiger charge is 2.22. The molecular weight excluding hydrogens is 310 g/mol. The first-order valence-electron chi connectivity index (χ1n) is 9.04. The molecule has 0 radical (unpaired) electrons. The van der Waals surface area contributed by atoms with E-state index >= 15 is 0 Å². The topological polar surface area (TPSA) is 35.6 Å². The fraction of sp³-hybridized carbons (Fsp3) is 0.381. The predicted molar refractivity (Wildman–Crippen MR) is 105 cm³/mol. The second-order valence-corrected chi connectivity index (χ2v) is 6.70. The highest BCUT2D eigenvalue weighted by atomic mass is 16.2. The maximum Gasteiger partial charge on any atom is 0.321 e. The van der Waals surface area contributed by atoms with Gasteiger partial charge in [0.25, 0.3) is 0 Å². The van der Waals surface area contributed by atoms with Gasteiger partial charge in [-0.15, -0.1) is 0 Å². The normalized spacial score (nSPS) is 14.5. The summed E-state index contributed by atoms with van der Waals surface area (Å²) in [5.74, 6) is 0. The van der Waals surface area contributed by atoms with Crippen molar-refractivity contribution in [2.45, 2.75) is 27.2 Å². The van der Waals surface area contributed by atoms with E-state index < -0.39 is 0 Å². The lowest BCUT2D eigenvalue weighted by Gasteiger charge is -2.37. The molecule has 1 saturated heterocycles. The van der Waals surface area contributed by atoms with Gasteiger partial charge in [-0.2, -0.15) is 0 Å². The van der Waals surface area contributed by atoms with Crippen LogP contribution in [0.1, 0.15) is 23.6 Å². The molecule has 0 aromatic heterocycles. The molecule has 1 heterocycles. The van der Waals surface area contributed by atoms with Crippen LogP contribution in [0.5, 0.6) is 0 Å². The molecule has 25 heavy (non-hydrogen) atoms. The number of nitrogens with one attached hydrogen (secondary N) is 1. The zero-order valence-corrected chi connectivity index (χ0v) is 15.4. The van der Waals surface area contributed by atoms with Crippen molar-refractivity contribution >= 4 is 17.4 Å². The minimum Gasteiger partial charge on any atom is -0.368 e. The summed E-state index contributed by atoms with van der Waals surface area (Å²) in [5.41, 5.74) is 5.95. The smallest absolute Gasteiger partial charge is 0.321 e. The Hall–Kier alpha value is -2.49. The molecule has 2 aromatic rings. The maximum atomic E-state index is 12.6. The highest BCUT2D eigenvalue weighted by Crippen LogP contribution is 2.23. The molecule has 1 fully saturated rings. The fourth-order valence-electron chi connectivity index (χ4n) is 3.36. The van der Waals surface area contributed by atoms with Crippen LogP contribution in [0.2, 0.25) is 0 Å². The summed E-state index contributed by atoms with van der Waals surface area (Å²) < 4.78 is 0. The van der Waals surface area contributed by atoms with Crippen molar-refractivity contribution in [2.75, 3.05) is 36.4 Å². The van der Waals surface area contributed by atoms with Crippen LogP contribution in [0.3, 0.4) is 0 Å². The molecular formula is C21H27N3O. The molecule has 1 aliphatic heterocycles. The van der Waals surface area contributed by atoms with E-state index in [4.69, 9.17) is 0 Å². The van der Waals surface area contributed by atoms with Crippen LogP contribution in [-0.4, -0.2) is 37.1 Å². The summed E-state index contributed by atoms with van der Waals surface area (Å²) in [6, 6.07) is 14.6. The summed E-state index contributed by atoms with van der Waals surface area (Å²) >= 11 is 0. The first-order chi connectivity index (χ1) is 12.1. The number of carbonyl (C=O) groups is 1. The minimum absolute atomic E-state index is 0.00140. The largest absolute Gasteiger partial charge is 0.368 e. The number of amides is 2. The maximum absolute atomic E-state index is 12.6. The van der Waals surface area contributed by atoms with Gasteiger partial charge in [-0.1, -0.05) is 37.3 Å². The zero-order valence-electron chi connectivity index (χ0n) is 15.4. The van der Waals surface area contributed by atoms with Gasteiger partial charge in [0.05, 0.1) is 0 Å². The van der Waals surface area contributed by atoms with Gasteiger partial charge in [-0.05, 0) is 49.1 Å². The Morgan fingerprint density at radius 1 is 1.04 bits per heavy atom. The van der Waals surface area contributed by atoms with E-state index in [9.17, 15) is 4.79 Å². The molecule has 2 amide bonds. The Kier molecular flexibility index (Phi) is 5.27. The van der Waals surface area contributed by atoms with Gasteiger partial charge in [0, 0.05) is 37.6 Å². The molecule has 0 bridgehead atoms. The molecule has 1 aliphatic rings. The Balaban J connectivity index is 1.62. The second kappa shape index (κ2) is 7.60. The monoisotopic (exact) mass is 337 g/mol. The van der Waals surface area contributed by atoms with E-state index in [-0.39, 0.29) is 6.03 Å². The summed E-state index contributed by atoms with van der Waals surface area (Å²) in [7, 11) is 0. The lowest BCUT2D eigenvalue weighted by atomic mass is 10.1. The number of anilines is 2. The molecule has 0 spiro atoms. The zero-order chi connectivity index (χ0) is 17.8. The van der Waals surface area contributed by atoms with E-state index in [0.29, 0.717) is 0 Å². The van der Waals surface area contributed by atoms with Gasteiger partial charge in [-0.3, -0.25) is 0 Å². The summed E-state index contributed by atoms with van der Waals surface area (Å²) in [4.78, 5) is 16.9. The van der Waals surface area contributed by atoms with Crippen LogP contribution in [-0.2, 0) is 6.42 Å². The number of benzene rings is 2. The van der Waals surface area contributed by atoms with Crippen LogP contribution in [0.4, 0.5) is 16.2 Å². The van der Waals surface area contributed by atoms with Crippen molar-refractivity contribution in [3.63, 3.8) is 0 Å². The van der Waals surface area contributed by atoms with Crippen LogP contribution >= 0.6 is 0 Å². The first-order valence-corrected chi connectivity index (χ1v) is 9.04. The molecule has 0 atom stereocenters. The van der Waals surface area contributed by atoms with Crippen molar-refractivity contribution in [2.24, 2.45) is 0 Å². The molecule has 0 unspecified atom stereocenters. The summed E-state index contributed by atoms with van der Waals surface area (Å²) in [6.45, 7) is 9.60. The average Bonchev–Trinajstić information content (AvgIpc) is 2.64. The van der Waals surface area contributed by atoms with Gasteiger partial charge in [-0.25, -0.2) is 4.79 Å². The lowest BCUT2D eigenvalue weighted by molar-refractivity contribution is 0.208. The number of urea groups is 1. The molecule has 0 saturated carbocycles. The molecule has 4 nitrogen and oxygen atoms in total.